The van der Waals surface area contributed by atoms with Crippen molar-refractivity contribution in [2.24, 2.45) is 0 Å². The highest BCUT2D eigenvalue weighted by molar-refractivity contribution is 6.06. The Morgan fingerprint density at radius 2 is 1.97 bits per heavy atom. The van der Waals surface area contributed by atoms with Crippen LogP contribution in [0.4, 0.5) is 5.69 Å². The molecule has 1 saturated heterocycles. The van der Waals surface area contributed by atoms with Crippen molar-refractivity contribution in [2.75, 3.05) is 18.5 Å². The molecular weight excluding hydrogens is 368 g/mol. The van der Waals surface area contributed by atoms with E-state index in [1.807, 2.05) is 38.1 Å². The second-order valence-corrected chi connectivity index (χ2v) is 7.42. The van der Waals surface area contributed by atoms with Gasteiger partial charge in [-0.1, -0.05) is 12.1 Å². The van der Waals surface area contributed by atoms with Crippen LogP contribution in [0.3, 0.4) is 0 Å². The topological polar surface area (TPSA) is 84.7 Å². The molecule has 0 bridgehead atoms. The van der Waals surface area contributed by atoms with Crippen molar-refractivity contribution in [3.63, 3.8) is 0 Å². The van der Waals surface area contributed by atoms with E-state index in [0.717, 1.165) is 30.6 Å². The number of amides is 2. The highest BCUT2D eigenvalue weighted by Gasteiger charge is 2.23. The summed E-state index contributed by atoms with van der Waals surface area (Å²) >= 11 is 0. The number of carbonyl (C=O) groups is 2. The second-order valence-electron chi connectivity index (χ2n) is 7.42. The monoisotopic (exact) mass is 392 g/mol. The number of nitrogens with one attached hydrogen (secondary N) is 2. The van der Waals surface area contributed by atoms with Gasteiger partial charge in [0, 0.05) is 25.0 Å². The smallest absolute Gasteiger partial charge is 0.292 e. The van der Waals surface area contributed by atoms with Gasteiger partial charge in [0.15, 0.2) is 5.69 Å². The molecule has 0 radical (unpaired) electrons. The lowest BCUT2D eigenvalue weighted by atomic mass is 10.1. The van der Waals surface area contributed by atoms with Crippen molar-refractivity contribution in [1.82, 2.24) is 14.7 Å². The standard InChI is InChI=1S/C22H24N4O3/c1-14-10-15(2)12-16(11-14)24-22(28)20-25-19(18-7-3-4-8-26(18)20)21(27)23-13-17-6-5-9-29-17/h3-4,7-8,10-12,17H,5-6,9,13H2,1-2H3,(H,23,27)(H,24,28). The Morgan fingerprint density at radius 3 is 2.69 bits per heavy atom. The summed E-state index contributed by atoms with van der Waals surface area (Å²) in [6, 6.07) is 11.2. The number of aryl methyl sites for hydroxylation is 2. The number of imidazole rings is 1. The Hall–Kier alpha value is -3.19. The van der Waals surface area contributed by atoms with Crippen LogP contribution in [-0.4, -0.2) is 40.5 Å². The normalized spacial score (nSPS) is 16.1. The molecule has 0 aliphatic carbocycles. The number of fused-ring (bicyclic) bond motifs is 1. The molecule has 4 rings (SSSR count). The lowest BCUT2D eigenvalue weighted by Gasteiger charge is -2.09. The summed E-state index contributed by atoms with van der Waals surface area (Å²) < 4.78 is 7.19. The third-order valence-electron chi connectivity index (χ3n) is 4.96. The lowest BCUT2D eigenvalue weighted by molar-refractivity contribution is 0.0855. The Bertz CT molecular complexity index is 1050. The number of benzene rings is 1. The molecule has 7 nitrogen and oxygen atoms in total. The van der Waals surface area contributed by atoms with E-state index in [1.54, 1.807) is 22.7 Å². The predicted molar refractivity (Wildman–Crippen MR) is 110 cm³/mol. The minimum atomic E-state index is -0.366. The van der Waals surface area contributed by atoms with Gasteiger partial charge < -0.3 is 15.4 Å². The fourth-order valence-corrected chi connectivity index (χ4v) is 3.69. The molecule has 0 spiro atoms. The number of nitrogens with zero attached hydrogens (tertiary/aromatic N) is 2. The molecule has 29 heavy (non-hydrogen) atoms. The lowest BCUT2D eigenvalue weighted by Crippen LogP contribution is -2.32. The van der Waals surface area contributed by atoms with Crippen LogP contribution in [0.5, 0.6) is 0 Å². The Kier molecular flexibility index (Phi) is 5.31. The SMILES string of the molecule is Cc1cc(C)cc(NC(=O)c2nc(C(=O)NCC3CCCO3)c3ccccn23)c1. The molecule has 1 fully saturated rings. The largest absolute Gasteiger partial charge is 0.376 e. The van der Waals surface area contributed by atoms with Gasteiger partial charge in [0.1, 0.15) is 0 Å². The number of aromatic nitrogens is 2. The van der Waals surface area contributed by atoms with Crippen LogP contribution < -0.4 is 10.6 Å². The highest BCUT2D eigenvalue weighted by atomic mass is 16.5. The highest BCUT2D eigenvalue weighted by Crippen LogP contribution is 2.18. The number of pyridine rings is 1. The van der Waals surface area contributed by atoms with E-state index < -0.39 is 0 Å². The van der Waals surface area contributed by atoms with Crippen molar-refractivity contribution in [2.45, 2.75) is 32.8 Å². The molecule has 150 valence electrons. The summed E-state index contributed by atoms with van der Waals surface area (Å²) in [5.74, 6) is -0.508. The van der Waals surface area contributed by atoms with Gasteiger partial charge in [-0.15, -0.1) is 0 Å². The second kappa shape index (κ2) is 8.05. The molecule has 7 heteroatoms. The minimum absolute atomic E-state index is 0.0418. The predicted octanol–water partition coefficient (Wildman–Crippen LogP) is 3.11. The molecular formula is C22H24N4O3. The maximum atomic E-state index is 12.9. The summed E-state index contributed by atoms with van der Waals surface area (Å²) in [7, 11) is 0. The summed E-state index contributed by atoms with van der Waals surface area (Å²) in [6.45, 7) is 5.12. The van der Waals surface area contributed by atoms with Gasteiger partial charge >= 0.3 is 0 Å². The minimum Gasteiger partial charge on any atom is -0.376 e. The van der Waals surface area contributed by atoms with Gasteiger partial charge in [-0.25, -0.2) is 4.98 Å². The van der Waals surface area contributed by atoms with Crippen LogP contribution in [-0.2, 0) is 4.74 Å². The molecule has 3 heterocycles. The first-order valence-corrected chi connectivity index (χ1v) is 9.78. The van der Waals surface area contributed by atoms with Crippen LogP contribution in [0.2, 0.25) is 0 Å². The van der Waals surface area contributed by atoms with E-state index in [1.165, 1.54) is 0 Å². The van der Waals surface area contributed by atoms with E-state index >= 15 is 0 Å². The average Bonchev–Trinajstić information content (AvgIpc) is 3.33. The average molecular weight is 392 g/mol. The molecule has 2 N–H and O–H groups in total. The Balaban J connectivity index is 1.59. The Labute approximate surface area is 169 Å². The quantitative estimate of drug-likeness (QED) is 0.699. The van der Waals surface area contributed by atoms with Crippen LogP contribution in [0.15, 0.2) is 42.6 Å². The first kappa shape index (κ1) is 19.1. The summed E-state index contributed by atoms with van der Waals surface area (Å²) in [5.41, 5.74) is 3.63. The molecule has 1 aliphatic heterocycles. The first-order chi connectivity index (χ1) is 14.0. The van der Waals surface area contributed by atoms with Gasteiger partial charge in [-0.3, -0.25) is 14.0 Å². The summed E-state index contributed by atoms with van der Waals surface area (Å²) in [6.07, 6.45) is 3.72. The molecule has 2 aromatic heterocycles. The van der Waals surface area contributed by atoms with Crippen molar-refractivity contribution < 1.29 is 14.3 Å². The fraction of sp³-hybridized carbons (Fsp3) is 0.318. The van der Waals surface area contributed by atoms with Crippen LogP contribution in [0.25, 0.3) is 5.52 Å². The van der Waals surface area contributed by atoms with Crippen molar-refractivity contribution in [3.05, 3.63) is 65.2 Å². The zero-order valence-corrected chi connectivity index (χ0v) is 16.6. The maximum Gasteiger partial charge on any atom is 0.292 e. The number of hydrogen-bond donors (Lipinski definition) is 2. The van der Waals surface area contributed by atoms with Crippen molar-refractivity contribution in [1.29, 1.82) is 0 Å². The molecule has 1 atom stereocenters. The number of anilines is 1. The zero-order valence-electron chi connectivity index (χ0n) is 16.6. The molecule has 1 aromatic carbocycles. The molecule has 2 amide bonds. The maximum absolute atomic E-state index is 12.9. The molecule has 3 aromatic rings. The number of ether oxygens (including phenoxy) is 1. The van der Waals surface area contributed by atoms with Gasteiger partial charge in [-0.2, -0.15) is 0 Å². The van der Waals surface area contributed by atoms with Crippen LogP contribution in [0, 0.1) is 13.8 Å². The van der Waals surface area contributed by atoms with Crippen LogP contribution in [0.1, 0.15) is 45.1 Å². The van der Waals surface area contributed by atoms with E-state index in [0.29, 0.717) is 17.7 Å². The molecule has 1 aliphatic rings. The molecule has 0 saturated carbocycles. The third kappa shape index (κ3) is 4.14. The number of hydrogen-bond acceptors (Lipinski definition) is 4. The molecule has 1 unspecified atom stereocenters. The van der Waals surface area contributed by atoms with Crippen molar-refractivity contribution in [3.8, 4) is 0 Å². The van der Waals surface area contributed by atoms with E-state index in [4.69, 9.17) is 4.74 Å². The van der Waals surface area contributed by atoms with Crippen LogP contribution >= 0.6 is 0 Å². The van der Waals surface area contributed by atoms with Gasteiger partial charge in [0.25, 0.3) is 11.8 Å². The Morgan fingerprint density at radius 1 is 1.17 bits per heavy atom. The number of carbonyl (C=O) groups excluding carboxylic acids is 2. The van der Waals surface area contributed by atoms with Gasteiger partial charge in [0.05, 0.1) is 11.6 Å². The third-order valence-corrected chi connectivity index (χ3v) is 4.96. The first-order valence-electron chi connectivity index (χ1n) is 9.78. The number of rotatable bonds is 5. The van der Waals surface area contributed by atoms with E-state index in [-0.39, 0.29) is 29.4 Å². The fourth-order valence-electron chi connectivity index (χ4n) is 3.69. The van der Waals surface area contributed by atoms with Crippen molar-refractivity contribution >= 4 is 23.0 Å². The zero-order chi connectivity index (χ0) is 20.4. The van der Waals surface area contributed by atoms with Gasteiger partial charge in [-0.05, 0) is 62.1 Å². The summed E-state index contributed by atoms with van der Waals surface area (Å²) in [4.78, 5) is 30.0. The van der Waals surface area contributed by atoms with E-state index in [2.05, 4.69) is 15.6 Å². The summed E-state index contributed by atoms with van der Waals surface area (Å²) in [5, 5.41) is 5.77. The van der Waals surface area contributed by atoms with Gasteiger partial charge in [0.2, 0.25) is 5.82 Å². The van der Waals surface area contributed by atoms with E-state index in [9.17, 15) is 9.59 Å².